The van der Waals surface area contributed by atoms with Gasteiger partial charge >= 0.3 is 0 Å². The molecule has 2 nitrogen and oxygen atoms in total. The van der Waals surface area contributed by atoms with Gasteiger partial charge in [0, 0.05) is 13.1 Å². The Morgan fingerprint density at radius 2 is 1.92 bits per heavy atom. The smallest absolute Gasteiger partial charge is 0.166 e. The molecule has 1 unspecified atom stereocenters. The van der Waals surface area contributed by atoms with Crippen molar-refractivity contribution in [2.24, 2.45) is 17.6 Å². The Hall–Kier alpha value is -0.310. The predicted octanol–water partition coefficient (Wildman–Crippen LogP) is 1.74. The van der Waals surface area contributed by atoms with Crippen molar-refractivity contribution in [1.82, 2.24) is 4.90 Å². The molecular weight excluding hydrogens is 180 g/mol. The summed E-state index contributed by atoms with van der Waals surface area (Å²) < 4.78 is 0. The Morgan fingerprint density at radius 3 is 2.31 bits per heavy atom. The average molecular weight is 198 g/mol. The van der Waals surface area contributed by atoms with Crippen molar-refractivity contribution in [3.63, 3.8) is 0 Å². The molecule has 3 saturated carbocycles. The number of nitrogens with zero attached hydrogens (tertiary/aromatic N) is 1. The molecule has 0 aromatic rings. The van der Waals surface area contributed by atoms with Crippen LogP contribution in [0, 0.1) is 11.8 Å². The van der Waals surface area contributed by atoms with E-state index in [9.17, 15) is 0 Å². The summed E-state index contributed by atoms with van der Waals surface area (Å²) in [7, 11) is 2.05. The Morgan fingerprint density at radius 1 is 1.31 bits per heavy atom. The number of hydrogen-bond donors (Lipinski definition) is 1. The van der Waals surface area contributed by atoms with Gasteiger partial charge in [0.1, 0.15) is 0 Å². The molecular formula is C10H18N2S. The lowest BCUT2D eigenvalue weighted by atomic mass is 9.67. The van der Waals surface area contributed by atoms with E-state index in [0.29, 0.717) is 11.2 Å². The van der Waals surface area contributed by atoms with Crippen LogP contribution in [0.2, 0.25) is 0 Å². The minimum atomic E-state index is 0.567. The molecule has 0 aromatic heterocycles. The summed E-state index contributed by atoms with van der Waals surface area (Å²) in [6.45, 7) is 0. The Labute approximate surface area is 85.5 Å². The lowest BCUT2D eigenvalue weighted by molar-refractivity contribution is 0.0840. The van der Waals surface area contributed by atoms with Crippen molar-refractivity contribution in [1.29, 1.82) is 0 Å². The van der Waals surface area contributed by atoms with E-state index >= 15 is 0 Å². The van der Waals surface area contributed by atoms with Crippen molar-refractivity contribution in [2.75, 3.05) is 7.05 Å². The fourth-order valence-electron chi connectivity index (χ4n) is 2.98. The normalized spacial score (nSPS) is 37.5. The predicted molar refractivity (Wildman–Crippen MR) is 58.4 cm³/mol. The highest BCUT2D eigenvalue weighted by Gasteiger charge is 2.37. The van der Waals surface area contributed by atoms with Gasteiger partial charge in [-0.3, -0.25) is 0 Å². The van der Waals surface area contributed by atoms with E-state index in [4.69, 9.17) is 18.0 Å². The van der Waals surface area contributed by atoms with Gasteiger partial charge in [0.15, 0.2) is 5.11 Å². The first-order chi connectivity index (χ1) is 6.18. The van der Waals surface area contributed by atoms with Crippen molar-refractivity contribution in [2.45, 2.75) is 38.1 Å². The summed E-state index contributed by atoms with van der Waals surface area (Å²) in [5.74, 6) is 1.81. The van der Waals surface area contributed by atoms with Crippen LogP contribution in [0.4, 0.5) is 0 Å². The van der Waals surface area contributed by atoms with Crippen molar-refractivity contribution >= 4 is 17.3 Å². The topological polar surface area (TPSA) is 29.3 Å². The molecule has 3 rings (SSSR count). The summed E-state index contributed by atoms with van der Waals surface area (Å²) in [5.41, 5.74) is 5.66. The van der Waals surface area contributed by atoms with Gasteiger partial charge in [-0.05, 0) is 43.3 Å². The number of nitrogens with two attached hydrogens (primary N) is 1. The SMILES string of the molecule is CN(C(N)=S)C1CC2CCC1CC2. The molecule has 3 aliphatic carbocycles. The molecule has 2 bridgehead atoms. The third-order valence-electron chi connectivity index (χ3n) is 3.86. The average Bonchev–Trinajstić information content (AvgIpc) is 2.18. The van der Waals surface area contributed by atoms with Crippen molar-refractivity contribution < 1.29 is 0 Å². The van der Waals surface area contributed by atoms with E-state index in [1.165, 1.54) is 32.1 Å². The molecule has 2 N–H and O–H groups in total. The molecule has 0 radical (unpaired) electrons. The molecule has 0 aromatic carbocycles. The minimum Gasteiger partial charge on any atom is -0.376 e. The summed E-state index contributed by atoms with van der Waals surface area (Å²) >= 11 is 5.02. The summed E-state index contributed by atoms with van der Waals surface area (Å²) in [6, 6.07) is 0.644. The quantitative estimate of drug-likeness (QED) is 0.651. The molecule has 3 aliphatic rings. The monoisotopic (exact) mass is 198 g/mol. The molecule has 0 saturated heterocycles. The van der Waals surface area contributed by atoms with E-state index in [0.717, 1.165) is 11.8 Å². The molecule has 3 fully saturated rings. The molecule has 0 aliphatic heterocycles. The minimum absolute atomic E-state index is 0.567. The first kappa shape index (κ1) is 9.25. The van der Waals surface area contributed by atoms with Crippen LogP contribution in [0.25, 0.3) is 0 Å². The standard InChI is InChI=1S/C10H18N2S/c1-12(10(11)13)9-6-7-2-4-8(9)5-3-7/h7-9H,2-6H2,1H3,(H2,11,13). The lowest BCUT2D eigenvalue weighted by Crippen LogP contribution is -2.49. The van der Waals surface area contributed by atoms with Gasteiger partial charge in [0.25, 0.3) is 0 Å². The fourth-order valence-corrected chi connectivity index (χ4v) is 3.12. The maximum atomic E-state index is 5.66. The Bertz CT molecular complexity index is 209. The largest absolute Gasteiger partial charge is 0.376 e. The molecule has 13 heavy (non-hydrogen) atoms. The number of fused-ring (bicyclic) bond motifs is 3. The Kier molecular flexibility index (Phi) is 2.45. The Balaban J connectivity index is 2.04. The van der Waals surface area contributed by atoms with Gasteiger partial charge in [-0.1, -0.05) is 12.8 Å². The maximum Gasteiger partial charge on any atom is 0.166 e. The van der Waals surface area contributed by atoms with E-state index in [-0.39, 0.29) is 0 Å². The zero-order valence-corrected chi connectivity index (χ0v) is 9.02. The molecule has 0 spiro atoms. The van der Waals surface area contributed by atoms with Crippen LogP contribution < -0.4 is 5.73 Å². The van der Waals surface area contributed by atoms with Crippen molar-refractivity contribution in [3.05, 3.63) is 0 Å². The second-order valence-corrected chi connectivity index (χ2v) is 4.95. The summed E-state index contributed by atoms with van der Waals surface area (Å²) in [6.07, 6.45) is 6.97. The van der Waals surface area contributed by atoms with Crippen LogP contribution in [-0.2, 0) is 0 Å². The van der Waals surface area contributed by atoms with Crippen LogP contribution in [0.5, 0.6) is 0 Å². The van der Waals surface area contributed by atoms with Crippen LogP contribution in [0.15, 0.2) is 0 Å². The van der Waals surface area contributed by atoms with Crippen LogP contribution in [0.1, 0.15) is 32.1 Å². The first-order valence-corrected chi connectivity index (χ1v) is 5.61. The second kappa shape index (κ2) is 3.45. The van der Waals surface area contributed by atoms with E-state index < -0.39 is 0 Å². The van der Waals surface area contributed by atoms with E-state index in [1.54, 1.807) is 0 Å². The number of hydrogen-bond acceptors (Lipinski definition) is 1. The highest BCUT2D eigenvalue weighted by molar-refractivity contribution is 7.80. The van der Waals surface area contributed by atoms with Gasteiger partial charge < -0.3 is 10.6 Å². The highest BCUT2D eigenvalue weighted by Crippen LogP contribution is 2.42. The zero-order valence-electron chi connectivity index (χ0n) is 8.20. The third-order valence-corrected chi connectivity index (χ3v) is 4.14. The van der Waals surface area contributed by atoms with Crippen molar-refractivity contribution in [3.8, 4) is 0 Å². The molecule has 74 valence electrons. The van der Waals surface area contributed by atoms with E-state index in [2.05, 4.69) is 4.90 Å². The molecule has 0 heterocycles. The van der Waals surface area contributed by atoms with Crippen LogP contribution in [0.3, 0.4) is 0 Å². The van der Waals surface area contributed by atoms with Gasteiger partial charge in [0.05, 0.1) is 0 Å². The summed E-state index contributed by atoms with van der Waals surface area (Å²) in [5, 5.41) is 0.567. The molecule has 1 atom stereocenters. The maximum absolute atomic E-state index is 5.66. The highest BCUT2D eigenvalue weighted by atomic mass is 32.1. The number of thiocarbonyl (C=S) groups is 1. The molecule has 0 amide bonds. The second-order valence-electron chi connectivity index (χ2n) is 4.53. The fraction of sp³-hybridized carbons (Fsp3) is 0.900. The van der Waals surface area contributed by atoms with Gasteiger partial charge in [-0.2, -0.15) is 0 Å². The number of rotatable bonds is 1. The van der Waals surface area contributed by atoms with Gasteiger partial charge in [-0.25, -0.2) is 0 Å². The summed E-state index contributed by atoms with van der Waals surface area (Å²) in [4.78, 5) is 2.12. The van der Waals surface area contributed by atoms with Gasteiger partial charge in [-0.15, -0.1) is 0 Å². The zero-order chi connectivity index (χ0) is 9.42. The van der Waals surface area contributed by atoms with Crippen LogP contribution in [-0.4, -0.2) is 23.1 Å². The first-order valence-electron chi connectivity index (χ1n) is 5.20. The van der Waals surface area contributed by atoms with Crippen LogP contribution >= 0.6 is 12.2 Å². The van der Waals surface area contributed by atoms with Gasteiger partial charge in [0.2, 0.25) is 0 Å². The third kappa shape index (κ3) is 1.66. The lowest BCUT2D eigenvalue weighted by Gasteiger charge is -2.46. The van der Waals surface area contributed by atoms with E-state index in [1.807, 2.05) is 7.05 Å². The molecule has 3 heteroatoms.